The van der Waals surface area contributed by atoms with Crippen LogP contribution in [0.3, 0.4) is 0 Å². The van der Waals surface area contributed by atoms with E-state index in [1.54, 1.807) is 6.07 Å². The van der Waals surface area contributed by atoms with Crippen LogP contribution in [0, 0.1) is 5.82 Å². The van der Waals surface area contributed by atoms with Crippen LogP contribution in [-0.2, 0) is 6.42 Å². The van der Waals surface area contributed by atoms with E-state index >= 15 is 0 Å². The van der Waals surface area contributed by atoms with E-state index in [-0.39, 0.29) is 5.82 Å². The molecule has 0 bridgehead atoms. The fourth-order valence-corrected chi connectivity index (χ4v) is 2.92. The molecular formula is C15H13BrFNO. The van der Waals surface area contributed by atoms with Crippen molar-refractivity contribution in [1.82, 2.24) is 0 Å². The minimum absolute atomic E-state index is 0.304. The molecule has 0 aliphatic carbocycles. The van der Waals surface area contributed by atoms with Crippen LogP contribution in [0.5, 0.6) is 5.75 Å². The minimum Gasteiger partial charge on any atom is -0.493 e. The normalized spacial score (nSPS) is 14.9. The first kappa shape index (κ1) is 12.6. The Hall–Kier alpha value is -1.39. The molecule has 1 unspecified atom stereocenters. The molecule has 2 nitrogen and oxygen atoms in total. The van der Waals surface area contributed by atoms with Crippen molar-refractivity contribution in [3.63, 3.8) is 0 Å². The van der Waals surface area contributed by atoms with Crippen LogP contribution in [-0.4, -0.2) is 6.61 Å². The van der Waals surface area contributed by atoms with Crippen LogP contribution in [0.15, 0.2) is 40.9 Å². The molecule has 0 amide bonds. The van der Waals surface area contributed by atoms with Crippen molar-refractivity contribution in [1.29, 1.82) is 0 Å². The molecule has 0 saturated heterocycles. The lowest BCUT2D eigenvalue weighted by molar-refractivity contribution is 0.352. The zero-order chi connectivity index (χ0) is 13.4. The highest BCUT2D eigenvalue weighted by atomic mass is 79.9. The highest BCUT2D eigenvalue weighted by Crippen LogP contribution is 2.37. The summed E-state index contributed by atoms with van der Waals surface area (Å²) in [5.41, 5.74) is 9.08. The van der Waals surface area contributed by atoms with Gasteiger partial charge in [0.05, 0.1) is 17.1 Å². The smallest absolute Gasteiger partial charge is 0.137 e. The van der Waals surface area contributed by atoms with E-state index in [4.69, 9.17) is 10.5 Å². The molecule has 4 heteroatoms. The number of rotatable bonds is 2. The van der Waals surface area contributed by atoms with E-state index < -0.39 is 6.04 Å². The maximum atomic E-state index is 13.6. The van der Waals surface area contributed by atoms with Gasteiger partial charge in [0.25, 0.3) is 0 Å². The molecule has 0 aromatic heterocycles. The van der Waals surface area contributed by atoms with Crippen molar-refractivity contribution in [3.05, 3.63) is 63.4 Å². The number of hydrogen-bond donors (Lipinski definition) is 1. The molecule has 0 fully saturated rings. The summed E-state index contributed by atoms with van der Waals surface area (Å²) in [6, 6.07) is 10.4. The van der Waals surface area contributed by atoms with E-state index in [9.17, 15) is 4.39 Å². The van der Waals surface area contributed by atoms with E-state index in [0.29, 0.717) is 11.1 Å². The molecule has 2 aromatic carbocycles. The lowest BCUT2D eigenvalue weighted by Crippen LogP contribution is -2.14. The fraction of sp³-hybridized carbons (Fsp3) is 0.200. The van der Waals surface area contributed by atoms with Crippen LogP contribution >= 0.6 is 15.9 Å². The standard InChI is InChI=1S/C15H13BrFNO/c16-13-10(4-2-6-12(13)17)14(18)11-5-1-3-9-7-8-19-15(9)11/h1-6,14H,7-8,18H2. The van der Waals surface area contributed by atoms with E-state index in [1.165, 1.54) is 11.6 Å². The summed E-state index contributed by atoms with van der Waals surface area (Å²) in [5.74, 6) is 0.549. The van der Waals surface area contributed by atoms with Crippen LogP contribution in [0.1, 0.15) is 22.7 Å². The van der Waals surface area contributed by atoms with Gasteiger partial charge >= 0.3 is 0 Å². The summed E-state index contributed by atoms with van der Waals surface area (Å²) in [7, 11) is 0. The Kier molecular flexibility index (Phi) is 3.29. The van der Waals surface area contributed by atoms with Gasteiger partial charge in [0.2, 0.25) is 0 Å². The molecule has 98 valence electrons. The Morgan fingerprint density at radius 1 is 1.16 bits per heavy atom. The summed E-state index contributed by atoms with van der Waals surface area (Å²) in [6.45, 7) is 0.684. The highest BCUT2D eigenvalue weighted by molar-refractivity contribution is 9.10. The van der Waals surface area contributed by atoms with Crippen molar-refractivity contribution in [2.75, 3.05) is 6.61 Å². The lowest BCUT2D eigenvalue weighted by atomic mass is 9.96. The largest absolute Gasteiger partial charge is 0.493 e. The molecule has 3 rings (SSSR count). The summed E-state index contributed by atoms with van der Waals surface area (Å²) in [4.78, 5) is 0. The third kappa shape index (κ3) is 2.15. The van der Waals surface area contributed by atoms with Crippen molar-refractivity contribution in [3.8, 4) is 5.75 Å². The molecule has 0 spiro atoms. The quantitative estimate of drug-likeness (QED) is 0.917. The van der Waals surface area contributed by atoms with Crippen LogP contribution in [0.25, 0.3) is 0 Å². The van der Waals surface area contributed by atoms with Crippen LogP contribution in [0.4, 0.5) is 4.39 Å². The minimum atomic E-state index is -0.405. The monoisotopic (exact) mass is 321 g/mol. The van der Waals surface area contributed by atoms with Gasteiger partial charge in [-0.15, -0.1) is 0 Å². The molecule has 0 saturated carbocycles. The third-order valence-electron chi connectivity index (χ3n) is 3.40. The lowest BCUT2D eigenvalue weighted by Gasteiger charge is -2.17. The summed E-state index contributed by atoms with van der Waals surface area (Å²) >= 11 is 3.26. The Morgan fingerprint density at radius 3 is 2.74 bits per heavy atom. The molecule has 19 heavy (non-hydrogen) atoms. The number of hydrogen-bond acceptors (Lipinski definition) is 2. The van der Waals surface area contributed by atoms with Gasteiger partial charge < -0.3 is 10.5 Å². The molecule has 1 aliphatic rings. The molecular weight excluding hydrogens is 309 g/mol. The Balaban J connectivity index is 2.08. The van der Waals surface area contributed by atoms with E-state index in [2.05, 4.69) is 15.9 Å². The van der Waals surface area contributed by atoms with Gasteiger partial charge in [-0.05, 0) is 33.1 Å². The molecule has 1 aliphatic heterocycles. The van der Waals surface area contributed by atoms with Gasteiger partial charge in [-0.1, -0.05) is 30.3 Å². The number of ether oxygens (including phenoxy) is 1. The maximum Gasteiger partial charge on any atom is 0.137 e. The Bertz CT molecular complexity index is 630. The van der Waals surface area contributed by atoms with E-state index in [1.807, 2.05) is 24.3 Å². The maximum absolute atomic E-state index is 13.6. The number of nitrogens with two attached hydrogens (primary N) is 1. The second kappa shape index (κ2) is 4.94. The summed E-state index contributed by atoms with van der Waals surface area (Å²) < 4.78 is 19.7. The van der Waals surface area contributed by atoms with Gasteiger partial charge in [-0.25, -0.2) is 4.39 Å². The van der Waals surface area contributed by atoms with Gasteiger partial charge in [0.15, 0.2) is 0 Å². The van der Waals surface area contributed by atoms with Crippen molar-refractivity contribution in [2.24, 2.45) is 5.73 Å². The molecule has 2 N–H and O–H groups in total. The van der Waals surface area contributed by atoms with Gasteiger partial charge in [-0.2, -0.15) is 0 Å². The van der Waals surface area contributed by atoms with E-state index in [0.717, 1.165) is 23.3 Å². The molecule has 1 atom stereocenters. The number of halogens is 2. The van der Waals surface area contributed by atoms with Gasteiger partial charge in [-0.3, -0.25) is 0 Å². The van der Waals surface area contributed by atoms with Crippen LogP contribution in [0.2, 0.25) is 0 Å². The zero-order valence-electron chi connectivity index (χ0n) is 10.2. The second-order valence-corrected chi connectivity index (χ2v) is 5.35. The first-order chi connectivity index (χ1) is 9.18. The SMILES string of the molecule is NC(c1cccc(F)c1Br)c1cccc2c1OCC2. The first-order valence-corrected chi connectivity index (χ1v) is 6.92. The molecule has 0 radical (unpaired) electrons. The predicted molar refractivity (Wildman–Crippen MR) is 75.8 cm³/mol. The van der Waals surface area contributed by atoms with Crippen LogP contribution < -0.4 is 10.5 Å². The average molecular weight is 322 g/mol. The molecule has 1 heterocycles. The average Bonchev–Trinajstić information content (AvgIpc) is 2.89. The first-order valence-electron chi connectivity index (χ1n) is 6.12. The van der Waals surface area contributed by atoms with Gasteiger partial charge in [0.1, 0.15) is 11.6 Å². The molecule has 2 aromatic rings. The summed E-state index contributed by atoms with van der Waals surface area (Å²) in [6.07, 6.45) is 0.903. The van der Waals surface area contributed by atoms with Crippen molar-refractivity contribution >= 4 is 15.9 Å². The third-order valence-corrected chi connectivity index (χ3v) is 4.23. The number of fused-ring (bicyclic) bond motifs is 1. The highest BCUT2D eigenvalue weighted by Gasteiger charge is 2.22. The summed E-state index contributed by atoms with van der Waals surface area (Å²) in [5, 5.41) is 0. The van der Waals surface area contributed by atoms with Crippen molar-refractivity contribution in [2.45, 2.75) is 12.5 Å². The topological polar surface area (TPSA) is 35.2 Å². The zero-order valence-corrected chi connectivity index (χ0v) is 11.8. The Labute approximate surface area is 119 Å². The van der Waals surface area contributed by atoms with Crippen molar-refractivity contribution < 1.29 is 9.13 Å². The van der Waals surface area contributed by atoms with Gasteiger partial charge in [0, 0.05) is 12.0 Å². The fourth-order valence-electron chi connectivity index (χ4n) is 2.41. The number of para-hydroxylation sites is 1. The Morgan fingerprint density at radius 2 is 1.89 bits per heavy atom. The second-order valence-electron chi connectivity index (χ2n) is 4.55. The number of benzene rings is 2. The predicted octanol–water partition coefficient (Wildman–Crippen LogP) is 3.57.